The fourth-order valence-corrected chi connectivity index (χ4v) is 2.97. The Balaban J connectivity index is 1.53. The van der Waals surface area contributed by atoms with Crippen molar-refractivity contribution in [3.8, 4) is 11.4 Å². The maximum absolute atomic E-state index is 10.1. The largest absolute Gasteiger partial charge is 0.491 e. The summed E-state index contributed by atoms with van der Waals surface area (Å²) in [6.07, 6.45) is 1.09. The lowest BCUT2D eigenvalue weighted by Crippen LogP contribution is -2.20. The number of aromatic nitrogens is 3. The zero-order chi connectivity index (χ0) is 16.8. The average molecular weight is 341 g/mol. The average Bonchev–Trinajstić information content (AvgIpc) is 3.09. The molecule has 0 aliphatic rings. The lowest BCUT2D eigenvalue weighted by molar-refractivity contribution is 0.126. The first-order chi connectivity index (χ1) is 11.7. The van der Waals surface area contributed by atoms with Crippen molar-refractivity contribution in [1.82, 2.24) is 14.8 Å². The van der Waals surface area contributed by atoms with E-state index in [2.05, 4.69) is 10.2 Å². The van der Waals surface area contributed by atoms with Crippen molar-refractivity contribution in [2.75, 3.05) is 12.4 Å². The third kappa shape index (κ3) is 4.37. The molecule has 3 rings (SSSR count). The molecule has 3 aromatic rings. The van der Waals surface area contributed by atoms with Crippen LogP contribution in [-0.2, 0) is 0 Å². The van der Waals surface area contributed by atoms with Crippen LogP contribution in [0, 0.1) is 6.92 Å². The van der Waals surface area contributed by atoms with Gasteiger partial charge in [0.25, 0.3) is 0 Å². The predicted octanol–water partition coefficient (Wildman–Crippen LogP) is 3.11. The number of aryl methyl sites for hydroxylation is 1. The zero-order valence-electron chi connectivity index (χ0n) is 13.4. The van der Waals surface area contributed by atoms with Gasteiger partial charge in [0.05, 0.1) is 6.10 Å². The highest BCUT2D eigenvalue weighted by Crippen LogP contribution is 2.20. The van der Waals surface area contributed by atoms with Gasteiger partial charge in [-0.05, 0) is 31.2 Å². The lowest BCUT2D eigenvalue weighted by atomic mass is 10.2. The molecule has 1 atom stereocenters. The summed E-state index contributed by atoms with van der Waals surface area (Å²) in [6, 6.07) is 17.7. The summed E-state index contributed by atoms with van der Waals surface area (Å²) in [6.45, 7) is 2.27. The van der Waals surface area contributed by atoms with Gasteiger partial charge in [0.2, 0.25) is 0 Å². The quantitative estimate of drug-likeness (QED) is 0.669. The molecule has 24 heavy (non-hydrogen) atoms. The van der Waals surface area contributed by atoms with Gasteiger partial charge in [-0.1, -0.05) is 47.7 Å². The van der Waals surface area contributed by atoms with E-state index in [-0.39, 0.29) is 6.61 Å². The van der Waals surface area contributed by atoms with E-state index in [1.165, 1.54) is 17.3 Å². The summed E-state index contributed by atoms with van der Waals surface area (Å²) in [5, 5.41) is 18.9. The minimum atomic E-state index is -0.586. The molecule has 0 saturated carbocycles. The van der Waals surface area contributed by atoms with Gasteiger partial charge in [-0.25, -0.2) is 0 Å². The molecule has 0 aliphatic heterocycles. The fourth-order valence-electron chi connectivity index (χ4n) is 2.13. The van der Waals surface area contributed by atoms with Crippen LogP contribution in [0.2, 0.25) is 0 Å². The molecule has 0 saturated heterocycles. The Morgan fingerprint density at radius 2 is 1.88 bits per heavy atom. The van der Waals surface area contributed by atoms with Crippen molar-refractivity contribution in [2.24, 2.45) is 0 Å². The highest BCUT2D eigenvalue weighted by molar-refractivity contribution is 7.99. The van der Waals surface area contributed by atoms with E-state index in [4.69, 9.17) is 4.74 Å². The van der Waals surface area contributed by atoms with Crippen LogP contribution < -0.4 is 4.74 Å². The molecule has 124 valence electrons. The van der Waals surface area contributed by atoms with Crippen LogP contribution in [0.25, 0.3) is 5.69 Å². The summed E-state index contributed by atoms with van der Waals surface area (Å²) in [5.74, 6) is 1.24. The van der Waals surface area contributed by atoms with Gasteiger partial charge in [-0.3, -0.25) is 4.57 Å². The van der Waals surface area contributed by atoms with E-state index < -0.39 is 6.10 Å². The maximum atomic E-state index is 10.1. The third-order valence-corrected chi connectivity index (χ3v) is 4.51. The Morgan fingerprint density at radius 3 is 2.62 bits per heavy atom. The van der Waals surface area contributed by atoms with Crippen LogP contribution in [-0.4, -0.2) is 38.3 Å². The molecule has 6 heteroatoms. The second kappa shape index (κ2) is 7.99. The van der Waals surface area contributed by atoms with Crippen LogP contribution in [0.4, 0.5) is 0 Å². The molecule has 0 aliphatic carbocycles. The fraction of sp³-hybridized carbons (Fsp3) is 0.222. The Hall–Kier alpha value is -2.31. The zero-order valence-corrected chi connectivity index (χ0v) is 14.2. The third-order valence-electron chi connectivity index (χ3n) is 3.42. The number of ether oxygens (including phenoxy) is 1. The minimum Gasteiger partial charge on any atom is -0.491 e. The van der Waals surface area contributed by atoms with E-state index in [0.29, 0.717) is 5.75 Å². The molecule has 0 unspecified atom stereocenters. The van der Waals surface area contributed by atoms with Gasteiger partial charge in [-0.15, -0.1) is 10.2 Å². The predicted molar refractivity (Wildman–Crippen MR) is 94.8 cm³/mol. The molecule has 0 fully saturated rings. The van der Waals surface area contributed by atoms with Crippen molar-refractivity contribution in [2.45, 2.75) is 18.2 Å². The van der Waals surface area contributed by atoms with Gasteiger partial charge >= 0.3 is 0 Å². The Bertz CT molecular complexity index is 759. The molecule has 2 aromatic carbocycles. The minimum absolute atomic E-state index is 0.246. The molecular weight excluding hydrogens is 322 g/mol. The first-order valence-electron chi connectivity index (χ1n) is 7.68. The van der Waals surface area contributed by atoms with Crippen molar-refractivity contribution in [3.05, 3.63) is 66.5 Å². The van der Waals surface area contributed by atoms with E-state index in [9.17, 15) is 5.11 Å². The summed E-state index contributed by atoms with van der Waals surface area (Å²) in [7, 11) is 0. The number of benzene rings is 2. The van der Waals surface area contributed by atoms with Gasteiger partial charge in [0.15, 0.2) is 5.16 Å². The standard InChI is InChI=1S/C18H19N3O2S/c1-14-7-9-17(10-8-14)23-11-16(22)12-24-18-20-19-13-21(18)15-5-3-2-4-6-15/h2-10,13,16,22H,11-12H2,1H3/t16-/m0/s1. The molecule has 5 nitrogen and oxygen atoms in total. The van der Waals surface area contributed by atoms with Gasteiger partial charge in [0.1, 0.15) is 18.7 Å². The molecule has 1 aromatic heterocycles. The molecular formula is C18H19N3O2S. The van der Waals surface area contributed by atoms with E-state index in [1.54, 1.807) is 6.33 Å². The summed E-state index contributed by atoms with van der Waals surface area (Å²) >= 11 is 1.45. The topological polar surface area (TPSA) is 60.2 Å². The van der Waals surface area contributed by atoms with Crippen LogP contribution in [0.3, 0.4) is 0 Å². The number of aliphatic hydroxyl groups is 1. The summed E-state index contributed by atoms with van der Waals surface area (Å²) in [5.41, 5.74) is 2.18. The number of hydrogen-bond donors (Lipinski definition) is 1. The Labute approximate surface area is 145 Å². The second-order valence-electron chi connectivity index (χ2n) is 5.41. The summed E-state index contributed by atoms with van der Waals surface area (Å²) in [4.78, 5) is 0. The smallest absolute Gasteiger partial charge is 0.195 e. The number of aliphatic hydroxyl groups excluding tert-OH is 1. The van der Waals surface area contributed by atoms with Crippen LogP contribution in [0.5, 0.6) is 5.75 Å². The van der Waals surface area contributed by atoms with Crippen molar-refractivity contribution < 1.29 is 9.84 Å². The van der Waals surface area contributed by atoms with Gasteiger partial charge in [-0.2, -0.15) is 0 Å². The number of thioether (sulfide) groups is 1. The molecule has 1 N–H and O–H groups in total. The van der Waals surface area contributed by atoms with Crippen molar-refractivity contribution >= 4 is 11.8 Å². The number of nitrogens with zero attached hydrogens (tertiary/aromatic N) is 3. The van der Waals surface area contributed by atoms with Crippen molar-refractivity contribution in [3.63, 3.8) is 0 Å². The van der Waals surface area contributed by atoms with Gasteiger partial charge in [0, 0.05) is 11.4 Å². The van der Waals surface area contributed by atoms with E-state index in [1.807, 2.05) is 66.1 Å². The maximum Gasteiger partial charge on any atom is 0.195 e. The number of para-hydroxylation sites is 1. The second-order valence-corrected chi connectivity index (χ2v) is 6.40. The number of hydrogen-bond acceptors (Lipinski definition) is 5. The van der Waals surface area contributed by atoms with Crippen molar-refractivity contribution in [1.29, 1.82) is 0 Å². The molecule has 1 heterocycles. The highest BCUT2D eigenvalue weighted by atomic mass is 32.2. The van der Waals surface area contributed by atoms with E-state index >= 15 is 0 Å². The highest BCUT2D eigenvalue weighted by Gasteiger charge is 2.11. The molecule has 0 amide bonds. The SMILES string of the molecule is Cc1ccc(OC[C@H](O)CSc2nncn2-c2ccccc2)cc1. The normalized spacial score (nSPS) is 12.1. The van der Waals surface area contributed by atoms with Crippen LogP contribution in [0.1, 0.15) is 5.56 Å². The molecule has 0 bridgehead atoms. The van der Waals surface area contributed by atoms with Crippen LogP contribution in [0.15, 0.2) is 66.1 Å². The molecule has 0 spiro atoms. The first kappa shape index (κ1) is 16.5. The lowest BCUT2D eigenvalue weighted by Gasteiger charge is -2.12. The van der Waals surface area contributed by atoms with Gasteiger partial charge < -0.3 is 9.84 Å². The van der Waals surface area contributed by atoms with E-state index in [0.717, 1.165) is 16.6 Å². The first-order valence-corrected chi connectivity index (χ1v) is 8.67. The van der Waals surface area contributed by atoms with Crippen LogP contribution >= 0.6 is 11.8 Å². The number of rotatable bonds is 7. The Kier molecular flexibility index (Phi) is 5.51. The molecule has 0 radical (unpaired) electrons. The Morgan fingerprint density at radius 1 is 1.12 bits per heavy atom. The monoisotopic (exact) mass is 341 g/mol. The summed E-state index contributed by atoms with van der Waals surface area (Å²) < 4.78 is 7.50.